The van der Waals surface area contributed by atoms with Crippen molar-refractivity contribution in [2.45, 2.75) is 46.5 Å². The molecule has 0 saturated carbocycles. The van der Waals surface area contributed by atoms with Crippen LogP contribution in [0.1, 0.15) is 51.2 Å². The van der Waals surface area contributed by atoms with E-state index in [-0.39, 0.29) is 5.91 Å². The predicted octanol–water partition coefficient (Wildman–Crippen LogP) is 4.28. The molecule has 0 aromatic heterocycles. The highest BCUT2D eigenvalue weighted by Crippen LogP contribution is 2.27. The van der Waals surface area contributed by atoms with E-state index in [4.69, 9.17) is 0 Å². The molecule has 2 nitrogen and oxygen atoms in total. The van der Waals surface area contributed by atoms with Gasteiger partial charge in [0, 0.05) is 11.3 Å². The molecule has 0 heterocycles. The first kappa shape index (κ1) is 14.5. The maximum Gasteiger partial charge on any atom is 0.250 e. The Morgan fingerprint density at radius 3 is 2.56 bits per heavy atom. The fraction of sp³-hybridized carbons (Fsp3) is 0.438. The molecule has 1 rings (SSSR count). The lowest BCUT2D eigenvalue weighted by atomic mass is 9.93. The van der Waals surface area contributed by atoms with Crippen LogP contribution in [-0.2, 0) is 11.2 Å². The topological polar surface area (TPSA) is 29.1 Å². The van der Waals surface area contributed by atoms with Crippen molar-refractivity contribution in [2.24, 2.45) is 0 Å². The highest BCUT2D eigenvalue weighted by atomic mass is 16.1. The van der Waals surface area contributed by atoms with Gasteiger partial charge in [-0.15, -0.1) is 0 Å². The van der Waals surface area contributed by atoms with E-state index in [1.807, 2.05) is 12.1 Å². The summed E-state index contributed by atoms with van der Waals surface area (Å²) in [6.07, 6.45) is 2.06. The van der Waals surface area contributed by atoms with Crippen LogP contribution in [0.4, 0.5) is 5.69 Å². The van der Waals surface area contributed by atoms with Crippen LogP contribution in [0.3, 0.4) is 0 Å². The molecule has 0 radical (unpaired) electrons. The van der Waals surface area contributed by atoms with Gasteiger partial charge in [-0.1, -0.05) is 45.9 Å². The Balaban J connectivity index is 3.13. The van der Waals surface area contributed by atoms with E-state index in [1.54, 1.807) is 6.92 Å². The third kappa shape index (κ3) is 3.46. The molecule has 0 bridgehead atoms. The highest BCUT2D eigenvalue weighted by molar-refractivity contribution is 6.03. The van der Waals surface area contributed by atoms with E-state index in [9.17, 15) is 4.79 Å². The average Bonchev–Trinajstić information content (AvgIpc) is 2.30. The largest absolute Gasteiger partial charge is 0.322 e. The molecule has 0 aliphatic heterocycles. The number of hydrogen-bond acceptors (Lipinski definition) is 1. The molecule has 0 unspecified atom stereocenters. The number of rotatable bonds is 5. The lowest BCUT2D eigenvalue weighted by molar-refractivity contribution is -0.112. The minimum absolute atomic E-state index is 0.103. The van der Waals surface area contributed by atoms with Crippen molar-refractivity contribution in [1.82, 2.24) is 0 Å². The van der Waals surface area contributed by atoms with Gasteiger partial charge >= 0.3 is 0 Å². The molecule has 2 heteroatoms. The third-order valence-electron chi connectivity index (χ3n) is 2.97. The molecule has 0 spiro atoms. The second kappa shape index (κ2) is 6.39. The van der Waals surface area contributed by atoms with Crippen LogP contribution in [0.15, 0.2) is 30.4 Å². The summed E-state index contributed by atoms with van der Waals surface area (Å²) in [6, 6.07) is 6.12. The van der Waals surface area contributed by atoms with E-state index < -0.39 is 0 Å². The van der Waals surface area contributed by atoms with E-state index >= 15 is 0 Å². The fourth-order valence-corrected chi connectivity index (χ4v) is 2.02. The summed E-state index contributed by atoms with van der Waals surface area (Å²) >= 11 is 0. The minimum Gasteiger partial charge on any atom is -0.322 e. The van der Waals surface area contributed by atoms with Crippen molar-refractivity contribution < 1.29 is 4.79 Å². The van der Waals surface area contributed by atoms with Crippen LogP contribution in [0, 0.1) is 0 Å². The van der Waals surface area contributed by atoms with Crippen LogP contribution in [0.5, 0.6) is 0 Å². The monoisotopic (exact) mass is 245 g/mol. The smallest absolute Gasteiger partial charge is 0.250 e. The lowest BCUT2D eigenvalue weighted by Crippen LogP contribution is -2.14. The predicted molar refractivity (Wildman–Crippen MR) is 78.0 cm³/mol. The number of amides is 1. The van der Waals surface area contributed by atoms with E-state index in [2.05, 4.69) is 38.7 Å². The number of nitrogens with one attached hydrogen (secondary N) is 1. The zero-order valence-electron chi connectivity index (χ0n) is 11.8. The summed E-state index contributed by atoms with van der Waals surface area (Å²) < 4.78 is 0. The number of anilines is 1. The Hall–Kier alpha value is -1.57. The third-order valence-corrected chi connectivity index (χ3v) is 2.97. The summed E-state index contributed by atoms with van der Waals surface area (Å²) in [5.41, 5.74) is 4.03. The van der Waals surface area contributed by atoms with Crippen LogP contribution in [-0.4, -0.2) is 5.91 Å². The van der Waals surface area contributed by atoms with Crippen molar-refractivity contribution >= 4 is 11.6 Å². The zero-order chi connectivity index (χ0) is 13.7. The Kier molecular flexibility index (Phi) is 5.14. The number of benzene rings is 1. The molecule has 0 aliphatic rings. The molecule has 18 heavy (non-hydrogen) atoms. The summed E-state index contributed by atoms with van der Waals surface area (Å²) in [4.78, 5) is 11.7. The zero-order valence-corrected chi connectivity index (χ0v) is 11.8. The van der Waals surface area contributed by atoms with E-state index in [1.165, 1.54) is 11.1 Å². The Labute approximate surface area is 110 Å². The minimum atomic E-state index is -0.103. The summed E-state index contributed by atoms with van der Waals surface area (Å²) in [5, 5.41) is 2.95. The van der Waals surface area contributed by atoms with Gasteiger partial charge in [-0.05, 0) is 36.5 Å². The Morgan fingerprint density at radius 2 is 2.06 bits per heavy atom. The van der Waals surface area contributed by atoms with Crippen molar-refractivity contribution in [2.75, 3.05) is 5.32 Å². The lowest BCUT2D eigenvalue weighted by Gasteiger charge is -2.17. The molecule has 1 aromatic carbocycles. The Bertz CT molecular complexity index is 446. The number of carbonyl (C=O) groups is 1. The van der Waals surface area contributed by atoms with Gasteiger partial charge < -0.3 is 5.32 Å². The highest BCUT2D eigenvalue weighted by Gasteiger charge is 2.12. The summed E-state index contributed by atoms with van der Waals surface area (Å²) in [5.74, 6) is 0.362. The summed E-state index contributed by atoms with van der Waals surface area (Å²) in [7, 11) is 0. The maximum absolute atomic E-state index is 11.7. The van der Waals surface area contributed by atoms with Gasteiger partial charge in [0.2, 0.25) is 0 Å². The molecular formula is C16H23NO. The van der Waals surface area contributed by atoms with Gasteiger partial charge in [-0.3, -0.25) is 4.79 Å². The first-order valence-corrected chi connectivity index (χ1v) is 6.56. The van der Waals surface area contributed by atoms with Crippen LogP contribution >= 0.6 is 0 Å². The molecular weight excluding hydrogens is 222 g/mol. The SMILES string of the molecule is C=C(C)C(=O)Nc1cccc(C(C)C)c1CCC. The first-order chi connectivity index (χ1) is 8.47. The van der Waals surface area contributed by atoms with Gasteiger partial charge in [0.05, 0.1) is 0 Å². The standard InChI is InChI=1S/C16H23NO/c1-6-8-14-13(11(2)3)9-7-10-15(14)17-16(18)12(4)5/h7,9-11H,4,6,8H2,1-3,5H3,(H,17,18). The normalized spacial score (nSPS) is 10.5. The van der Waals surface area contributed by atoms with Crippen LogP contribution < -0.4 is 5.32 Å². The average molecular weight is 245 g/mol. The van der Waals surface area contributed by atoms with Gasteiger partial charge in [-0.2, -0.15) is 0 Å². The number of hydrogen-bond donors (Lipinski definition) is 1. The first-order valence-electron chi connectivity index (χ1n) is 6.56. The molecule has 1 amide bonds. The van der Waals surface area contributed by atoms with Crippen molar-refractivity contribution in [3.63, 3.8) is 0 Å². The Morgan fingerprint density at radius 1 is 1.39 bits per heavy atom. The molecule has 1 N–H and O–H groups in total. The van der Waals surface area contributed by atoms with Crippen LogP contribution in [0.25, 0.3) is 0 Å². The van der Waals surface area contributed by atoms with Crippen molar-refractivity contribution in [3.05, 3.63) is 41.5 Å². The molecule has 0 fully saturated rings. The van der Waals surface area contributed by atoms with Gasteiger partial charge in [0.1, 0.15) is 0 Å². The summed E-state index contributed by atoms with van der Waals surface area (Å²) in [6.45, 7) is 11.9. The second-order valence-electron chi connectivity index (χ2n) is 5.01. The molecule has 0 saturated heterocycles. The quantitative estimate of drug-likeness (QED) is 0.771. The molecule has 98 valence electrons. The van der Waals surface area contributed by atoms with Gasteiger partial charge in [0.15, 0.2) is 0 Å². The second-order valence-corrected chi connectivity index (χ2v) is 5.01. The molecule has 0 atom stereocenters. The molecule has 1 aromatic rings. The fourth-order valence-electron chi connectivity index (χ4n) is 2.02. The van der Waals surface area contributed by atoms with E-state index in [0.29, 0.717) is 11.5 Å². The number of carbonyl (C=O) groups excluding carboxylic acids is 1. The van der Waals surface area contributed by atoms with Crippen LogP contribution in [0.2, 0.25) is 0 Å². The van der Waals surface area contributed by atoms with E-state index in [0.717, 1.165) is 18.5 Å². The van der Waals surface area contributed by atoms with Gasteiger partial charge in [0.25, 0.3) is 5.91 Å². The van der Waals surface area contributed by atoms with Crippen molar-refractivity contribution in [1.29, 1.82) is 0 Å². The van der Waals surface area contributed by atoms with Crippen molar-refractivity contribution in [3.8, 4) is 0 Å². The maximum atomic E-state index is 11.7. The molecule has 0 aliphatic carbocycles. The van der Waals surface area contributed by atoms with Gasteiger partial charge in [-0.25, -0.2) is 0 Å².